The van der Waals surface area contributed by atoms with Crippen molar-refractivity contribution in [3.8, 4) is 0 Å². The molecule has 0 saturated carbocycles. The van der Waals surface area contributed by atoms with Crippen molar-refractivity contribution in [3.05, 3.63) is 51.8 Å². The molecule has 5 heteroatoms. The molecule has 4 nitrogen and oxygen atoms in total. The molecule has 0 aliphatic heterocycles. The largest absolute Gasteiger partial charge is 0.321 e. The minimum atomic E-state index is -0.266. The Bertz CT molecular complexity index is 581. The predicted molar refractivity (Wildman–Crippen MR) is 73.6 cm³/mol. The van der Waals surface area contributed by atoms with E-state index in [-0.39, 0.29) is 5.91 Å². The number of aromatic nitrogens is 2. The molecule has 1 amide bonds. The fraction of sp³-hybridized carbons (Fsp3) is 0.154. The zero-order valence-corrected chi connectivity index (χ0v) is 11.7. The van der Waals surface area contributed by atoms with E-state index in [1.165, 1.54) is 0 Å². The molecule has 0 unspecified atom stereocenters. The molecule has 1 aromatic heterocycles. The van der Waals surface area contributed by atoms with Crippen molar-refractivity contribution in [3.63, 3.8) is 0 Å². The molecule has 2 rings (SSSR count). The van der Waals surface area contributed by atoms with Crippen molar-refractivity contribution in [1.29, 1.82) is 0 Å². The number of nitrogens with one attached hydrogen (secondary N) is 1. The molecule has 0 spiro atoms. The van der Waals surface area contributed by atoms with Crippen molar-refractivity contribution in [2.24, 2.45) is 0 Å². The molecule has 1 aromatic carbocycles. The van der Waals surface area contributed by atoms with Crippen molar-refractivity contribution in [2.75, 3.05) is 5.32 Å². The molecule has 0 fully saturated rings. The summed E-state index contributed by atoms with van der Waals surface area (Å²) in [4.78, 5) is 11.9. The molecule has 1 N–H and O–H groups in total. The van der Waals surface area contributed by atoms with Crippen LogP contribution >= 0.6 is 15.9 Å². The average molecular weight is 306 g/mol. The van der Waals surface area contributed by atoms with Gasteiger partial charge in [-0.1, -0.05) is 22.0 Å². The van der Waals surface area contributed by atoms with Gasteiger partial charge in [-0.2, -0.15) is 5.10 Å². The van der Waals surface area contributed by atoms with E-state index in [2.05, 4.69) is 31.4 Å². The van der Waals surface area contributed by atoms with Crippen LogP contribution in [-0.4, -0.2) is 16.1 Å². The van der Waals surface area contributed by atoms with Crippen LogP contribution in [-0.2, 0) is 0 Å². The molecule has 0 bridgehead atoms. The maximum absolute atomic E-state index is 11.9. The Balaban J connectivity index is 2.16. The molecule has 18 heavy (non-hydrogen) atoms. The van der Waals surface area contributed by atoms with E-state index in [1.807, 2.05) is 32.0 Å². The Morgan fingerprint density at radius 1 is 1.17 bits per heavy atom. The van der Waals surface area contributed by atoms with E-state index in [9.17, 15) is 4.79 Å². The summed E-state index contributed by atoms with van der Waals surface area (Å²) in [6, 6.07) is 9.04. The van der Waals surface area contributed by atoms with Crippen LogP contribution in [0.2, 0.25) is 0 Å². The smallest absolute Gasteiger partial charge is 0.276 e. The highest BCUT2D eigenvalue weighted by molar-refractivity contribution is 9.10. The monoisotopic (exact) mass is 305 g/mol. The third-order valence-corrected chi connectivity index (χ3v) is 3.31. The summed E-state index contributed by atoms with van der Waals surface area (Å²) in [5, 5.41) is 10.5. The molecular weight excluding hydrogens is 294 g/mol. The number of nitrogens with zero attached hydrogens (tertiary/aromatic N) is 2. The molecule has 2 aromatic rings. The highest BCUT2D eigenvalue weighted by Crippen LogP contribution is 2.20. The van der Waals surface area contributed by atoms with Gasteiger partial charge in [0.1, 0.15) is 0 Å². The first-order valence-electron chi connectivity index (χ1n) is 5.44. The topological polar surface area (TPSA) is 54.9 Å². The second-order valence-corrected chi connectivity index (χ2v) is 4.83. The third-order valence-electron chi connectivity index (χ3n) is 2.46. The van der Waals surface area contributed by atoms with E-state index in [0.29, 0.717) is 5.69 Å². The molecule has 0 aliphatic rings. The summed E-state index contributed by atoms with van der Waals surface area (Å²) < 4.78 is 0.954. The van der Waals surface area contributed by atoms with Crippen LogP contribution in [0.15, 0.2) is 34.8 Å². The number of halogens is 1. The first kappa shape index (κ1) is 12.7. The van der Waals surface area contributed by atoms with Gasteiger partial charge in [0.25, 0.3) is 5.91 Å². The van der Waals surface area contributed by atoms with Crippen molar-refractivity contribution in [2.45, 2.75) is 13.8 Å². The minimum absolute atomic E-state index is 0.266. The van der Waals surface area contributed by atoms with Crippen LogP contribution in [0.25, 0.3) is 0 Å². The van der Waals surface area contributed by atoms with E-state index in [1.54, 1.807) is 12.1 Å². The number of hydrogen-bond acceptors (Lipinski definition) is 3. The summed E-state index contributed by atoms with van der Waals surface area (Å²) in [6.07, 6.45) is 0. The molecule has 1 heterocycles. The lowest BCUT2D eigenvalue weighted by molar-refractivity contribution is 0.102. The maximum atomic E-state index is 11.9. The molecule has 0 atom stereocenters. The van der Waals surface area contributed by atoms with Crippen LogP contribution in [0.3, 0.4) is 0 Å². The number of anilines is 1. The zero-order chi connectivity index (χ0) is 13.1. The Hall–Kier alpha value is -1.75. The SMILES string of the molecule is Cc1ccc(C(=O)Nc2ccc(C)c(Br)c2)nn1. The Morgan fingerprint density at radius 2 is 1.94 bits per heavy atom. The predicted octanol–water partition coefficient (Wildman–Crippen LogP) is 3.11. The number of hydrogen-bond donors (Lipinski definition) is 1. The average Bonchev–Trinajstić information content (AvgIpc) is 2.34. The number of rotatable bonds is 2. The highest BCUT2D eigenvalue weighted by atomic mass is 79.9. The van der Waals surface area contributed by atoms with Crippen LogP contribution in [0.5, 0.6) is 0 Å². The number of benzene rings is 1. The lowest BCUT2D eigenvalue weighted by Crippen LogP contribution is -2.14. The van der Waals surface area contributed by atoms with Crippen LogP contribution in [0.1, 0.15) is 21.7 Å². The van der Waals surface area contributed by atoms with Gasteiger partial charge < -0.3 is 5.32 Å². The summed E-state index contributed by atoms with van der Waals surface area (Å²) in [5.74, 6) is -0.266. The van der Waals surface area contributed by atoms with E-state index in [4.69, 9.17) is 0 Å². The summed E-state index contributed by atoms with van der Waals surface area (Å²) in [7, 11) is 0. The maximum Gasteiger partial charge on any atom is 0.276 e. The molecular formula is C13H12BrN3O. The Labute approximate surface area is 114 Å². The first-order valence-corrected chi connectivity index (χ1v) is 6.23. The second kappa shape index (κ2) is 5.27. The fourth-order valence-corrected chi connectivity index (χ4v) is 1.76. The lowest BCUT2D eigenvalue weighted by Gasteiger charge is -2.06. The second-order valence-electron chi connectivity index (χ2n) is 3.98. The lowest BCUT2D eigenvalue weighted by atomic mass is 10.2. The molecule has 92 valence electrons. The summed E-state index contributed by atoms with van der Waals surface area (Å²) in [6.45, 7) is 3.81. The van der Waals surface area contributed by atoms with E-state index >= 15 is 0 Å². The first-order chi connectivity index (χ1) is 8.56. The third kappa shape index (κ3) is 2.92. The number of carbonyl (C=O) groups is 1. The van der Waals surface area contributed by atoms with Gasteiger partial charge in [0.2, 0.25) is 0 Å². The normalized spacial score (nSPS) is 10.2. The fourth-order valence-electron chi connectivity index (χ4n) is 1.39. The highest BCUT2D eigenvalue weighted by Gasteiger charge is 2.08. The molecule has 0 saturated heterocycles. The van der Waals surface area contributed by atoms with Gasteiger partial charge in [-0.15, -0.1) is 5.10 Å². The van der Waals surface area contributed by atoms with Crippen molar-refractivity contribution in [1.82, 2.24) is 10.2 Å². The van der Waals surface area contributed by atoms with Gasteiger partial charge in [0.15, 0.2) is 5.69 Å². The molecule has 0 radical (unpaired) electrons. The van der Waals surface area contributed by atoms with Gasteiger partial charge in [-0.05, 0) is 43.7 Å². The summed E-state index contributed by atoms with van der Waals surface area (Å²) in [5.41, 5.74) is 2.92. The van der Waals surface area contributed by atoms with Gasteiger partial charge in [0, 0.05) is 10.2 Å². The number of amides is 1. The number of aryl methyl sites for hydroxylation is 2. The standard InChI is InChI=1S/C13H12BrN3O/c1-8-3-5-10(7-11(8)14)15-13(18)12-6-4-9(2)16-17-12/h3-7H,1-2H3,(H,15,18). The van der Waals surface area contributed by atoms with Crippen LogP contribution < -0.4 is 5.32 Å². The van der Waals surface area contributed by atoms with Crippen LogP contribution in [0.4, 0.5) is 5.69 Å². The summed E-state index contributed by atoms with van der Waals surface area (Å²) >= 11 is 3.42. The van der Waals surface area contributed by atoms with Gasteiger partial charge in [-0.3, -0.25) is 4.79 Å². The van der Waals surface area contributed by atoms with Crippen LogP contribution in [0, 0.1) is 13.8 Å². The van der Waals surface area contributed by atoms with E-state index < -0.39 is 0 Å². The number of carbonyl (C=O) groups excluding carboxylic acids is 1. The van der Waals surface area contributed by atoms with E-state index in [0.717, 1.165) is 21.4 Å². The Morgan fingerprint density at radius 3 is 2.56 bits per heavy atom. The molecule has 0 aliphatic carbocycles. The zero-order valence-electron chi connectivity index (χ0n) is 10.1. The van der Waals surface area contributed by atoms with Gasteiger partial charge in [0.05, 0.1) is 5.69 Å². The van der Waals surface area contributed by atoms with Gasteiger partial charge >= 0.3 is 0 Å². The minimum Gasteiger partial charge on any atom is -0.321 e. The van der Waals surface area contributed by atoms with Gasteiger partial charge in [-0.25, -0.2) is 0 Å². The quantitative estimate of drug-likeness (QED) is 0.927. The van der Waals surface area contributed by atoms with Crippen molar-refractivity contribution < 1.29 is 4.79 Å². The van der Waals surface area contributed by atoms with Crippen molar-refractivity contribution >= 4 is 27.5 Å². The Kier molecular flexibility index (Phi) is 3.72.